The first-order valence-corrected chi connectivity index (χ1v) is 4.25. The van der Waals surface area contributed by atoms with Gasteiger partial charge in [0.25, 0.3) is 0 Å². The van der Waals surface area contributed by atoms with E-state index in [-0.39, 0.29) is 0 Å². The molecule has 0 atom stereocenters. The molecule has 0 aliphatic carbocycles. The second kappa shape index (κ2) is 4.29. The Hall–Kier alpha value is -0.790. The monoisotopic (exact) mass is 181 g/mol. The molecule has 0 fully saturated rings. The molecule has 1 nitrogen and oxygen atoms in total. The molecule has 2 heteroatoms. The summed E-state index contributed by atoms with van der Waals surface area (Å²) < 4.78 is 0. The van der Waals surface area contributed by atoms with Gasteiger partial charge in [-0.15, -0.1) is 0 Å². The van der Waals surface area contributed by atoms with E-state index in [4.69, 9.17) is 17.3 Å². The van der Waals surface area contributed by atoms with Crippen LogP contribution in [-0.2, 0) is 0 Å². The Balaban J connectivity index is 3.04. The van der Waals surface area contributed by atoms with Gasteiger partial charge in [-0.3, -0.25) is 0 Å². The molecule has 0 heterocycles. The fourth-order valence-electron chi connectivity index (χ4n) is 1.04. The number of benzene rings is 1. The second-order valence-electron chi connectivity index (χ2n) is 2.61. The molecule has 1 aromatic rings. The zero-order valence-electron chi connectivity index (χ0n) is 7.05. The highest BCUT2D eigenvalue weighted by Crippen LogP contribution is 2.20. The molecule has 0 saturated carbocycles. The van der Waals surface area contributed by atoms with Gasteiger partial charge in [0.05, 0.1) is 0 Å². The number of aryl methyl sites for hydroxylation is 1. The minimum absolute atomic E-state index is 0.546. The molecule has 0 amide bonds. The Kier molecular flexibility index (Phi) is 3.32. The maximum atomic E-state index is 5.97. The van der Waals surface area contributed by atoms with E-state index in [0.717, 1.165) is 10.6 Å². The van der Waals surface area contributed by atoms with E-state index in [1.165, 1.54) is 5.56 Å². The van der Waals surface area contributed by atoms with Gasteiger partial charge in [0.2, 0.25) is 0 Å². The second-order valence-corrected chi connectivity index (χ2v) is 3.02. The molecule has 1 rings (SSSR count). The minimum Gasteiger partial charge on any atom is -0.327 e. The first-order chi connectivity index (χ1) is 5.75. The van der Waals surface area contributed by atoms with Gasteiger partial charge in [0.1, 0.15) is 0 Å². The zero-order valence-corrected chi connectivity index (χ0v) is 7.81. The van der Waals surface area contributed by atoms with Gasteiger partial charge in [0.15, 0.2) is 0 Å². The fraction of sp³-hybridized carbons (Fsp3) is 0.200. The lowest BCUT2D eigenvalue weighted by atomic mass is 10.1. The third-order valence-corrected chi connectivity index (χ3v) is 2.02. The van der Waals surface area contributed by atoms with Crippen molar-refractivity contribution in [2.24, 2.45) is 5.73 Å². The Morgan fingerprint density at radius 1 is 1.50 bits per heavy atom. The molecule has 2 N–H and O–H groups in total. The molecular weight excluding hydrogens is 170 g/mol. The maximum absolute atomic E-state index is 5.97. The maximum Gasteiger partial charge on any atom is 0.0480 e. The van der Waals surface area contributed by atoms with Crippen molar-refractivity contribution in [3.8, 4) is 0 Å². The van der Waals surface area contributed by atoms with Crippen LogP contribution in [0.15, 0.2) is 24.3 Å². The normalized spacial score (nSPS) is 10.9. The molecule has 0 aliphatic rings. The molecule has 0 spiro atoms. The van der Waals surface area contributed by atoms with E-state index in [1.807, 2.05) is 37.3 Å². The summed E-state index contributed by atoms with van der Waals surface area (Å²) in [5.41, 5.74) is 7.58. The lowest BCUT2D eigenvalue weighted by molar-refractivity contribution is 1.26. The van der Waals surface area contributed by atoms with Crippen molar-refractivity contribution in [2.75, 3.05) is 6.54 Å². The Morgan fingerprint density at radius 3 is 2.83 bits per heavy atom. The van der Waals surface area contributed by atoms with Gasteiger partial charge >= 0.3 is 0 Å². The van der Waals surface area contributed by atoms with E-state index in [9.17, 15) is 0 Å². The molecule has 0 aliphatic heterocycles. The predicted octanol–water partition coefficient (Wildman–Crippen LogP) is 2.62. The average Bonchev–Trinajstić information content (AvgIpc) is 2.04. The fourth-order valence-corrected chi connectivity index (χ4v) is 1.33. The van der Waals surface area contributed by atoms with Crippen LogP contribution in [0.2, 0.25) is 5.02 Å². The quantitative estimate of drug-likeness (QED) is 0.746. The highest BCUT2D eigenvalue weighted by molar-refractivity contribution is 6.32. The van der Waals surface area contributed by atoms with Crippen molar-refractivity contribution < 1.29 is 0 Å². The molecule has 0 unspecified atom stereocenters. The van der Waals surface area contributed by atoms with Crippen molar-refractivity contribution in [3.05, 3.63) is 40.4 Å². The number of hydrogen-bond donors (Lipinski definition) is 1. The number of rotatable bonds is 2. The van der Waals surface area contributed by atoms with Crippen LogP contribution in [0, 0.1) is 6.92 Å². The molecule has 0 aromatic heterocycles. The van der Waals surface area contributed by atoms with Gasteiger partial charge in [-0.1, -0.05) is 35.9 Å². The Bertz CT molecular complexity index is 272. The van der Waals surface area contributed by atoms with E-state index in [0.29, 0.717) is 6.54 Å². The average molecular weight is 182 g/mol. The third kappa shape index (κ3) is 2.10. The Labute approximate surface area is 77.8 Å². The van der Waals surface area contributed by atoms with E-state index < -0.39 is 0 Å². The van der Waals surface area contributed by atoms with Crippen LogP contribution < -0.4 is 5.73 Å². The largest absolute Gasteiger partial charge is 0.327 e. The van der Waals surface area contributed by atoms with Crippen LogP contribution in [-0.4, -0.2) is 6.54 Å². The highest BCUT2D eigenvalue weighted by atomic mass is 35.5. The van der Waals surface area contributed by atoms with E-state index in [1.54, 1.807) is 0 Å². The summed E-state index contributed by atoms with van der Waals surface area (Å²) in [4.78, 5) is 0. The van der Waals surface area contributed by atoms with Crippen LogP contribution in [0.5, 0.6) is 0 Å². The van der Waals surface area contributed by atoms with Crippen LogP contribution in [0.1, 0.15) is 11.1 Å². The van der Waals surface area contributed by atoms with Crippen molar-refractivity contribution in [3.63, 3.8) is 0 Å². The summed E-state index contributed by atoms with van der Waals surface area (Å²) in [6, 6.07) is 5.85. The topological polar surface area (TPSA) is 26.0 Å². The SMILES string of the molecule is Cc1cccc(Cl)c1C=CCN. The van der Waals surface area contributed by atoms with Crippen molar-refractivity contribution in [1.29, 1.82) is 0 Å². The van der Waals surface area contributed by atoms with Crippen molar-refractivity contribution in [2.45, 2.75) is 6.92 Å². The molecule has 64 valence electrons. The molecule has 0 saturated heterocycles. The van der Waals surface area contributed by atoms with Crippen LogP contribution in [0.25, 0.3) is 6.08 Å². The van der Waals surface area contributed by atoms with Crippen molar-refractivity contribution in [1.82, 2.24) is 0 Å². The highest BCUT2D eigenvalue weighted by Gasteiger charge is 1.97. The molecule has 12 heavy (non-hydrogen) atoms. The first-order valence-electron chi connectivity index (χ1n) is 3.87. The summed E-state index contributed by atoms with van der Waals surface area (Å²) in [5.74, 6) is 0. The van der Waals surface area contributed by atoms with Gasteiger partial charge < -0.3 is 5.73 Å². The number of halogens is 1. The summed E-state index contributed by atoms with van der Waals surface area (Å²) in [6.45, 7) is 2.58. The van der Waals surface area contributed by atoms with Gasteiger partial charge in [-0.25, -0.2) is 0 Å². The smallest absolute Gasteiger partial charge is 0.0480 e. The molecular formula is C10H12ClN. The molecule has 0 radical (unpaired) electrons. The van der Waals surface area contributed by atoms with E-state index >= 15 is 0 Å². The number of nitrogens with two attached hydrogens (primary N) is 1. The van der Waals surface area contributed by atoms with Gasteiger partial charge in [-0.2, -0.15) is 0 Å². The molecule has 1 aromatic carbocycles. The van der Waals surface area contributed by atoms with Gasteiger partial charge in [-0.05, 0) is 24.1 Å². The third-order valence-electron chi connectivity index (χ3n) is 1.69. The summed E-state index contributed by atoms with van der Waals surface area (Å²) in [5, 5.41) is 0.778. The lowest BCUT2D eigenvalue weighted by Crippen LogP contribution is -1.92. The zero-order chi connectivity index (χ0) is 8.97. The van der Waals surface area contributed by atoms with Gasteiger partial charge in [0, 0.05) is 11.6 Å². The van der Waals surface area contributed by atoms with Crippen LogP contribution >= 0.6 is 11.6 Å². The predicted molar refractivity (Wildman–Crippen MR) is 54.3 cm³/mol. The number of hydrogen-bond acceptors (Lipinski definition) is 1. The standard InChI is InChI=1S/C10H12ClN/c1-8-4-2-6-10(11)9(8)5-3-7-12/h2-6H,7,12H2,1H3. The Morgan fingerprint density at radius 2 is 2.25 bits per heavy atom. The molecule has 0 bridgehead atoms. The van der Waals surface area contributed by atoms with Crippen LogP contribution in [0.4, 0.5) is 0 Å². The van der Waals surface area contributed by atoms with Crippen LogP contribution in [0.3, 0.4) is 0 Å². The minimum atomic E-state index is 0.546. The van der Waals surface area contributed by atoms with Crippen molar-refractivity contribution >= 4 is 17.7 Å². The lowest BCUT2D eigenvalue weighted by Gasteiger charge is -2.01. The van der Waals surface area contributed by atoms with E-state index in [2.05, 4.69) is 0 Å². The summed E-state index contributed by atoms with van der Waals surface area (Å²) >= 11 is 5.97. The summed E-state index contributed by atoms with van der Waals surface area (Å²) in [6.07, 6.45) is 3.85. The summed E-state index contributed by atoms with van der Waals surface area (Å²) in [7, 11) is 0. The first kappa shape index (κ1) is 9.30.